The van der Waals surface area contributed by atoms with E-state index in [0.29, 0.717) is 6.26 Å². The maximum atomic E-state index is 14.8. The van der Waals surface area contributed by atoms with Crippen LogP contribution < -0.4 is 9.84 Å². The van der Waals surface area contributed by atoms with Gasteiger partial charge >= 0.3 is 0 Å². The van der Waals surface area contributed by atoms with Gasteiger partial charge in [-0.25, -0.2) is 26.0 Å². The van der Waals surface area contributed by atoms with Crippen molar-refractivity contribution in [1.29, 1.82) is 5.26 Å². The molecular formula is C19H12F4NO5S-. The minimum atomic E-state index is -4.26. The molecule has 0 radical (unpaired) electrons. The topological polar surface area (TPSA) is 107 Å². The number of carboxylic acid groups (broad SMARTS) is 1. The Kier molecular flexibility index (Phi) is 5.24. The average Bonchev–Trinajstić information content (AvgIpc) is 2.81. The summed E-state index contributed by atoms with van der Waals surface area (Å²) in [5.74, 6) is -10.3. The van der Waals surface area contributed by atoms with Crippen molar-refractivity contribution in [3.8, 4) is 17.6 Å². The number of aliphatic carboxylic acids is 1. The van der Waals surface area contributed by atoms with Crippen molar-refractivity contribution in [3.63, 3.8) is 0 Å². The number of benzene rings is 2. The average molecular weight is 442 g/mol. The molecule has 6 nitrogen and oxygen atoms in total. The minimum Gasteiger partial charge on any atom is -0.550 e. The normalized spacial score (nSPS) is 19.7. The molecule has 0 N–H and O–H groups in total. The third-order valence-electron chi connectivity index (χ3n) is 4.61. The van der Waals surface area contributed by atoms with Crippen LogP contribution >= 0.6 is 0 Å². The Morgan fingerprint density at radius 3 is 2.50 bits per heavy atom. The van der Waals surface area contributed by atoms with Gasteiger partial charge in [0.05, 0.1) is 22.4 Å². The number of hydrogen-bond acceptors (Lipinski definition) is 6. The number of carboxylic acids is 1. The van der Waals surface area contributed by atoms with Crippen LogP contribution in [0.2, 0.25) is 0 Å². The largest absolute Gasteiger partial charge is 0.550 e. The number of ether oxygens (including phenoxy) is 1. The van der Waals surface area contributed by atoms with Crippen LogP contribution in [0.4, 0.5) is 17.6 Å². The number of carbonyl (C=O) groups is 1. The highest BCUT2D eigenvalue weighted by atomic mass is 32.2. The maximum absolute atomic E-state index is 14.8. The van der Waals surface area contributed by atoms with E-state index in [4.69, 9.17) is 10.00 Å². The van der Waals surface area contributed by atoms with E-state index in [2.05, 4.69) is 0 Å². The molecule has 0 spiro atoms. The quantitative estimate of drug-likeness (QED) is 0.659. The lowest BCUT2D eigenvalue weighted by Gasteiger charge is -2.22. The van der Waals surface area contributed by atoms with E-state index in [-0.39, 0.29) is 11.3 Å². The fourth-order valence-corrected chi connectivity index (χ4v) is 4.38. The van der Waals surface area contributed by atoms with E-state index in [1.54, 1.807) is 6.07 Å². The monoisotopic (exact) mass is 442 g/mol. The second-order valence-electron chi connectivity index (χ2n) is 6.72. The Balaban J connectivity index is 2.25. The number of carbonyl (C=O) groups excluding carboxylic acids is 1. The summed E-state index contributed by atoms with van der Waals surface area (Å²) >= 11 is 0. The smallest absolute Gasteiger partial charge is 0.290 e. The molecule has 2 atom stereocenters. The van der Waals surface area contributed by atoms with Crippen LogP contribution in [0.25, 0.3) is 0 Å². The first-order valence-electron chi connectivity index (χ1n) is 8.33. The summed E-state index contributed by atoms with van der Waals surface area (Å²) < 4.78 is 87.1. The Bertz CT molecular complexity index is 1190. The van der Waals surface area contributed by atoms with Crippen LogP contribution in [0.1, 0.15) is 35.2 Å². The summed E-state index contributed by atoms with van der Waals surface area (Å²) in [5.41, 5.74) is -1.74. The molecule has 0 fully saturated rings. The molecule has 0 aromatic heterocycles. The van der Waals surface area contributed by atoms with E-state index in [1.807, 2.05) is 0 Å². The summed E-state index contributed by atoms with van der Waals surface area (Å²) in [5, 5.41) is 19.9. The molecule has 2 aromatic carbocycles. The second-order valence-corrected chi connectivity index (χ2v) is 8.70. The van der Waals surface area contributed by atoms with Gasteiger partial charge in [0.2, 0.25) is 0 Å². The molecule has 158 valence electrons. The number of rotatable bonds is 5. The molecule has 0 saturated heterocycles. The second kappa shape index (κ2) is 7.28. The highest BCUT2D eigenvalue weighted by Crippen LogP contribution is 2.59. The number of halogens is 4. The summed E-state index contributed by atoms with van der Waals surface area (Å²) in [6, 6.07) is 6.22. The van der Waals surface area contributed by atoms with E-state index >= 15 is 0 Å². The highest BCUT2D eigenvalue weighted by Gasteiger charge is 2.58. The number of alkyl halides is 3. The van der Waals surface area contributed by atoms with Crippen molar-refractivity contribution in [2.75, 3.05) is 6.26 Å². The summed E-state index contributed by atoms with van der Waals surface area (Å²) in [6.45, 7) is 0. The minimum absolute atomic E-state index is 0.161. The van der Waals surface area contributed by atoms with Crippen LogP contribution in [0.3, 0.4) is 0 Å². The van der Waals surface area contributed by atoms with E-state index in [0.717, 1.165) is 30.3 Å². The van der Waals surface area contributed by atoms with Crippen molar-refractivity contribution in [2.24, 2.45) is 0 Å². The first-order valence-corrected chi connectivity index (χ1v) is 10.2. The van der Waals surface area contributed by atoms with Gasteiger partial charge in [0, 0.05) is 23.9 Å². The SMILES string of the molecule is CS(=O)(=O)c1ccc(Oc2cc(F)cc(C#N)c2)c2c1[C@H](CC(=O)[O-])C(F)(F)[C@@H]2F. The summed E-state index contributed by atoms with van der Waals surface area (Å²) in [4.78, 5) is 10.3. The van der Waals surface area contributed by atoms with Gasteiger partial charge in [-0.3, -0.25) is 0 Å². The lowest BCUT2D eigenvalue weighted by molar-refractivity contribution is -0.307. The van der Waals surface area contributed by atoms with Crippen LogP contribution in [0.15, 0.2) is 35.2 Å². The van der Waals surface area contributed by atoms with Gasteiger partial charge in [-0.15, -0.1) is 0 Å². The number of sulfone groups is 1. The molecule has 11 heteroatoms. The number of hydrogen-bond donors (Lipinski definition) is 0. The molecular weight excluding hydrogens is 430 g/mol. The molecule has 0 heterocycles. The predicted octanol–water partition coefficient (Wildman–Crippen LogP) is 2.78. The van der Waals surface area contributed by atoms with Crippen LogP contribution in [0.5, 0.6) is 11.5 Å². The third-order valence-corrected chi connectivity index (χ3v) is 5.76. The van der Waals surface area contributed by atoms with E-state index in [9.17, 15) is 35.9 Å². The Labute approximate surface area is 168 Å². The first-order chi connectivity index (χ1) is 13.9. The molecule has 3 rings (SSSR count). The predicted molar refractivity (Wildman–Crippen MR) is 91.9 cm³/mol. The van der Waals surface area contributed by atoms with Crippen LogP contribution in [-0.4, -0.2) is 26.6 Å². The summed E-state index contributed by atoms with van der Waals surface area (Å²) in [7, 11) is -4.15. The maximum Gasteiger partial charge on any atom is 0.290 e. The van der Waals surface area contributed by atoms with Crippen molar-refractivity contribution in [3.05, 3.63) is 52.8 Å². The lowest BCUT2D eigenvalue weighted by atomic mass is 9.95. The molecule has 1 aliphatic rings. The molecule has 1 aliphatic carbocycles. The zero-order chi connectivity index (χ0) is 22.4. The van der Waals surface area contributed by atoms with Crippen molar-refractivity contribution in [2.45, 2.75) is 29.3 Å². The zero-order valence-electron chi connectivity index (χ0n) is 15.2. The Morgan fingerprint density at radius 2 is 1.93 bits per heavy atom. The number of nitriles is 1. The standard InChI is InChI=1S/C19H13F4NO5S/c1-30(27,28)14-3-2-13(29-11-5-9(8-24)4-10(20)6-11)17-16(14)12(7-15(25)26)19(22,23)18(17)21/h2-6,12,18H,7H2,1H3,(H,25,26)/p-1/t12-,18+/m0/s1. The van der Waals surface area contributed by atoms with Gasteiger partial charge in [0.25, 0.3) is 5.92 Å². The fourth-order valence-electron chi connectivity index (χ4n) is 3.41. The van der Waals surface area contributed by atoms with Gasteiger partial charge in [0.1, 0.15) is 17.3 Å². The van der Waals surface area contributed by atoms with Gasteiger partial charge in [0.15, 0.2) is 16.0 Å². The van der Waals surface area contributed by atoms with Crippen LogP contribution in [-0.2, 0) is 14.6 Å². The van der Waals surface area contributed by atoms with Crippen molar-refractivity contribution in [1.82, 2.24) is 0 Å². The zero-order valence-corrected chi connectivity index (χ0v) is 16.0. The molecule has 0 bridgehead atoms. The summed E-state index contributed by atoms with van der Waals surface area (Å²) in [6.07, 6.45) is -3.71. The van der Waals surface area contributed by atoms with Crippen molar-refractivity contribution >= 4 is 15.8 Å². The van der Waals surface area contributed by atoms with Gasteiger partial charge in [-0.2, -0.15) is 5.26 Å². The number of fused-ring (bicyclic) bond motifs is 1. The molecule has 0 amide bonds. The lowest BCUT2D eigenvalue weighted by Crippen LogP contribution is -2.32. The molecule has 0 saturated carbocycles. The first kappa shape index (κ1) is 21.6. The highest BCUT2D eigenvalue weighted by molar-refractivity contribution is 7.90. The van der Waals surface area contributed by atoms with Gasteiger partial charge < -0.3 is 14.6 Å². The van der Waals surface area contributed by atoms with Gasteiger partial charge in [-0.1, -0.05) is 0 Å². The molecule has 0 aliphatic heterocycles. The van der Waals surface area contributed by atoms with E-state index < -0.39 is 67.8 Å². The van der Waals surface area contributed by atoms with Crippen LogP contribution in [0, 0.1) is 17.1 Å². The third kappa shape index (κ3) is 3.70. The van der Waals surface area contributed by atoms with Gasteiger partial charge in [-0.05, 0) is 36.2 Å². The molecule has 0 unspecified atom stereocenters. The fraction of sp³-hybridized carbons (Fsp3) is 0.263. The van der Waals surface area contributed by atoms with Crippen molar-refractivity contribution < 1.29 is 40.6 Å². The Morgan fingerprint density at radius 1 is 1.27 bits per heavy atom. The number of nitrogens with zero attached hydrogens (tertiary/aromatic N) is 1. The molecule has 30 heavy (non-hydrogen) atoms. The Hall–Kier alpha value is -3.13. The molecule has 2 aromatic rings. The van der Waals surface area contributed by atoms with E-state index in [1.165, 1.54) is 0 Å².